The van der Waals surface area contributed by atoms with E-state index in [0.29, 0.717) is 13.2 Å². The highest BCUT2D eigenvalue weighted by Crippen LogP contribution is 2.41. The average molecular weight is 334 g/mol. The van der Waals surface area contributed by atoms with Gasteiger partial charge < -0.3 is 18.5 Å². The SMILES string of the molecule is CCOP(OCC)c1ccccc1-c1cc(OC)cc(OC)c1. The van der Waals surface area contributed by atoms with Gasteiger partial charge in [-0.05, 0) is 43.2 Å². The number of rotatable bonds is 8. The summed E-state index contributed by atoms with van der Waals surface area (Å²) >= 11 is 0. The van der Waals surface area contributed by atoms with Gasteiger partial charge >= 0.3 is 0 Å². The van der Waals surface area contributed by atoms with Crippen LogP contribution in [0.3, 0.4) is 0 Å². The van der Waals surface area contributed by atoms with Gasteiger partial charge in [0, 0.05) is 11.4 Å². The molecule has 2 rings (SSSR count). The first-order valence-electron chi connectivity index (χ1n) is 7.61. The van der Waals surface area contributed by atoms with Crippen LogP contribution in [-0.4, -0.2) is 27.4 Å². The van der Waals surface area contributed by atoms with Gasteiger partial charge in [-0.1, -0.05) is 18.2 Å². The molecule has 23 heavy (non-hydrogen) atoms. The molecule has 0 radical (unpaired) electrons. The zero-order chi connectivity index (χ0) is 16.7. The third-order valence-electron chi connectivity index (χ3n) is 3.26. The maximum absolute atomic E-state index is 5.82. The Morgan fingerprint density at radius 2 is 1.39 bits per heavy atom. The van der Waals surface area contributed by atoms with Gasteiger partial charge in [-0.25, -0.2) is 0 Å². The lowest BCUT2D eigenvalue weighted by molar-refractivity contribution is 0.277. The molecule has 0 spiro atoms. The van der Waals surface area contributed by atoms with Crippen LogP contribution in [-0.2, 0) is 9.05 Å². The molecule has 0 aliphatic carbocycles. The van der Waals surface area contributed by atoms with Crippen LogP contribution in [0.2, 0.25) is 0 Å². The number of benzene rings is 2. The molecule has 0 aliphatic heterocycles. The molecule has 4 nitrogen and oxygen atoms in total. The molecule has 0 unspecified atom stereocenters. The normalized spacial score (nSPS) is 10.8. The summed E-state index contributed by atoms with van der Waals surface area (Å²) in [5.74, 6) is 1.51. The summed E-state index contributed by atoms with van der Waals surface area (Å²) in [6.07, 6.45) is 0. The predicted octanol–water partition coefficient (Wildman–Crippen LogP) is 4.38. The highest BCUT2D eigenvalue weighted by atomic mass is 31.2. The minimum Gasteiger partial charge on any atom is -0.497 e. The standard InChI is InChI=1S/C18H23O4P/c1-5-21-23(22-6-2)18-10-8-7-9-17(18)14-11-15(19-3)13-16(12-14)20-4/h7-13H,5-6H2,1-4H3. The molecule has 0 amide bonds. The lowest BCUT2D eigenvalue weighted by Crippen LogP contribution is -2.09. The van der Waals surface area contributed by atoms with Crippen LogP contribution in [0.5, 0.6) is 11.5 Å². The van der Waals surface area contributed by atoms with Gasteiger partial charge in [0.05, 0.1) is 27.4 Å². The van der Waals surface area contributed by atoms with Crippen molar-refractivity contribution in [2.24, 2.45) is 0 Å². The van der Waals surface area contributed by atoms with Crippen molar-refractivity contribution in [1.82, 2.24) is 0 Å². The Labute approximate surface area is 139 Å². The van der Waals surface area contributed by atoms with Crippen molar-refractivity contribution in [2.75, 3.05) is 27.4 Å². The van der Waals surface area contributed by atoms with Crippen molar-refractivity contribution >= 4 is 13.7 Å². The summed E-state index contributed by atoms with van der Waals surface area (Å²) in [5, 5.41) is 1.06. The molecule has 0 N–H and O–H groups in total. The Morgan fingerprint density at radius 1 is 0.826 bits per heavy atom. The van der Waals surface area contributed by atoms with Crippen LogP contribution >= 0.6 is 8.38 Å². The van der Waals surface area contributed by atoms with Crippen molar-refractivity contribution in [3.05, 3.63) is 42.5 Å². The monoisotopic (exact) mass is 334 g/mol. The fraction of sp³-hybridized carbons (Fsp3) is 0.333. The molecule has 0 aliphatic rings. The summed E-state index contributed by atoms with van der Waals surface area (Å²) < 4.78 is 22.4. The first-order chi connectivity index (χ1) is 11.2. The van der Waals surface area contributed by atoms with E-state index in [1.165, 1.54) is 0 Å². The van der Waals surface area contributed by atoms with E-state index in [0.717, 1.165) is 27.9 Å². The van der Waals surface area contributed by atoms with Gasteiger partial charge in [0.25, 0.3) is 0 Å². The lowest BCUT2D eigenvalue weighted by Gasteiger charge is -2.19. The number of hydrogen-bond donors (Lipinski definition) is 0. The summed E-state index contributed by atoms with van der Waals surface area (Å²) in [6.45, 7) is 5.18. The Morgan fingerprint density at radius 3 is 1.91 bits per heavy atom. The second-order valence-corrected chi connectivity index (χ2v) is 6.22. The van der Waals surface area contributed by atoms with Gasteiger partial charge in [-0.15, -0.1) is 0 Å². The molecule has 0 atom stereocenters. The lowest BCUT2D eigenvalue weighted by atomic mass is 10.1. The van der Waals surface area contributed by atoms with E-state index in [2.05, 4.69) is 12.1 Å². The summed E-state index contributed by atoms with van der Waals surface area (Å²) in [6, 6.07) is 14.0. The summed E-state index contributed by atoms with van der Waals surface area (Å²) in [4.78, 5) is 0. The van der Waals surface area contributed by atoms with Crippen molar-refractivity contribution in [3.8, 4) is 22.6 Å². The molecule has 0 saturated carbocycles. The van der Waals surface area contributed by atoms with Crippen molar-refractivity contribution in [1.29, 1.82) is 0 Å². The van der Waals surface area contributed by atoms with Gasteiger partial charge in [-0.2, -0.15) is 0 Å². The molecule has 0 heterocycles. The Bertz CT molecular complexity index is 602. The maximum atomic E-state index is 5.82. The minimum absolute atomic E-state index is 0.613. The van der Waals surface area contributed by atoms with Crippen LogP contribution in [0, 0.1) is 0 Å². The minimum atomic E-state index is -1.11. The molecule has 5 heteroatoms. The highest BCUT2D eigenvalue weighted by molar-refractivity contribution is 7.56. The largest absolute Gasteiger partial charge is 0.497 e. The van der Waals surface area contributed by atoms with Crippen LogP contribution in [0.1, 0.15) is 13.8 Å². The molecule has 2 aromatic rings. The highest BCUT2D eigenvalue weighted by Gasteiger charge is 2.18. The van der Waals surface area contributed by atoms with Crippen molar-refractivity contribution in [2.45, 2.75) is 13.8 Å². The van der Waals surface area contributed by atoms with E-state index >= 15 is 0 Å². The van der Waals surface area contributed by atoms with E-state index in [9.17, 15) is 0 Å². The second-order valence-electron chi connectivity index (χ2n) is 4.71. The maximum Gasteiger partial charge on any atom is 0.205 e. The third kappa shape index (κ3) is 4.44. The molecule has 0 aromatic heterocycles. The first-order valence-corrected chi connectivity index (χ1v) is 8.79. The number of ether oxygens (including phenoxy) is 2. The second kappa shape index (κ2) is 8.88. The molecule has 2 aromatic carbocycles. The number of hydrogen-bond acceptors (Lipinski definition) is 4. The fourth-order valence-corrected chi connectivity index (χ4v) is 3.68. The molecule has 0 saturated heterocycles. The van der Waals surface area contributed by atoms with Gasteiger partial charge in [0.15, 0.2) is 0 Å². The first kappa shape index (κ1) is 17.7. The van der Waals surface area contributed by atoms with E-state index in [4.69, 9.17) is 18.5 Å². The third-order valence-corrected chi connectivity index (χ3v) is 5.02. The van der Waals surface area contributed by atoms with E-state index < -0.39 is 8.38 Å². The smallest absolute Gasteiger partial charge is 0.205 e. The van der Waals surface area contributed by atoms with Crippen LogP contribution in [0.25, 0.3) is 11.1 Å². The Balaban J connectivity index is 2.51. The van der Waals surface area contributed by atoms with Gasteiger partial charge in [0.1, 0.15) is 11.5 Å². The van der Waals surface area contributed by atoms with E-state index in [-0.39, 0.29) is 0 Å². The van der Waals surface area contributed by atoms with Crippen molar-refractivity contribution in [3.63, 3.8) is 0 Å². The quantitative estimate of drug-likeness (QED) is 0.671. The molecule has 0 bridgehead atoms. The Hall–Kier alpha value is -1.61. The fourth-order valence-electron chi connectivity index (χ4n) is 2.25. The predicted molar refractivity (Wildman–Crippen MR) is 94.8 cm³/mol. The summed E-state index contributed by atoms with van der Waals surface area (Å²) in [7, 11) is 2.19. The number of methoxy groups -OCH3 is 2. The zero-order valence-corrected chi connectivity index (χ0v) is 14.9. The van der Waals surface area contributed by atoms with Crippen LogP contribution in [0.4, 0.5) is 0 Å². The van der Waals surface area contributed by atoms with Crippen LogP contribution < -0.4 is 14.8 Å². The van der Waals surface area contributed by atoms with Gasteiger partial charge in [-0.3, -0.25) is 0 Å². The molecular weight excluding hydrogens is 311 g/mol. The zero-order valence-electron chi connectivity index (χ0n) is 14.0. The van der Waals surface area contributed by atoms with E-state index in [1.54, 1.807) is 14.2 Å². The molecule has 124 valence electrons. The van der Waals surface area contributed by atoms with Gasteiger partial charge in [0.2, 0.25) is 8.38 Å². The topological polar surface area (TPSA) is 36.9 Å². The Kier molecular flexibility index (Phi) is 6.85. The van der Waals surface area contributed by atoms with Crippen molar-refractivity contribution < 1.29 is 18.5 Å². The average Bonchev–Trinajstić information content (AvgIpc) is 2.61. The molecule has 0 fully saturated rings. The summed E-state index contributed by atoms with van der Waals surface area (Å²) in [5.41, 5.74) is 2.08. The van der Waals surface area contributed by atoms with E-state index in [1.807, 2.05) is 44.2 Å². The molecular formula is C18H23O4P. The van der Waals surface area contributed by atoms with Crippen LogP contribution in [0.15, 0.2) is 42.5 Å².